The summed E-state index contributed by atoms with van der Waals surface area (Å²) in [5.74, 6) is -1.33. The zero-order valence-corrected chi connectivity index (χ0v) is 49.2. The molecule has 2 aliphatic heterocycles. The largest absolute Gasteiger partial charge is 0.472 e. The van der Waals surface area contributed by atoms with Gasteiger partial charge in [-0.25, -0.2) is 4.57 Å². The number of unbranched alkanes of at least 4 members (excludes halogenated alkanes) is 25. The van der Waals surface area contributed by atoms with Crippen molar-refractivity contribution in [3.63, 3.8) is 0 Å². The molecule has 1 aliphatic carbocycles. The molecule has 16 atom stereocenters. The molecule has 2 heterocycles. The van der Waals surface area contributed by atoms with Crippen LogP contribution in [0.5, 0.6) is 0 Å². The molecule has 24 heteroatoms. The van der Waals surface area contributed by atoms with Crippen LogP contribution in [-0.4, -0.2) is 204 Å². The number of carbonyl (C=O) groups excluding carboxylic acids is 2. The first-order valence-electron chi connectivity index (χ1n) is 30.5. The lowest BCUT2D eigenvalue weighted by Gasteiger charge is -2.49. The lowest BCUT2D eigenvalue weighted by Crippen LogP contribution is -2.69. The van der Waals surface area contributed by atoms with Gasteiger partial charge in [0.25, 0.3) is 0 Å². The molecule has 0 aromatic rings. The molecule has 2 saturated heterocycles. The number of carbonyl (C=O) groups is 2. The molecule has 12 N–H and O–H groups in total. The summed E-state index contributed by atoms with van der Waals surface area (Å²) < 4.78 is 58.2. The number of phosphoric ester groups is 1. The maximum Gasteiger partial charge on any atom is 0.472 e. The fourth-order valence-electron chi connectivity index (χ4n) is 10.2. The van der Waals surface area contributed by atoms with Crippen molar-refractivity contribution in [2.24, 2.45) is 0 Å². The van der Waals surface area contributed by atoms with Gasteiger partial charge in [-0.2, -0.15) is 0 Å². The summed E-state index contributed by atoms with van der Waals surface area (Å²) in [6.07, 6.45) is 0.384. The molecule has 0 bridgehead atoms. The van der Waals surface area contributed by atoms with E-state index >= 15 is 0 Å². The molecular weight excluding hydrogens is 1080 g/mol. The number of phosphoric acid groups is 1. The number of allylic oxidation sites excluding steroid dienone is 2. The van der Waals surface area contributed by atoms with Gasteiger partial charge in [-0.1, -0.05) is 167 Å². The number of esters is 2. The average Bonchev–Trinajstić information content (AvgIpc) is 3.59. The molecule has 0 aromatic heterocycles. The second-order valence-electron chi connectivity index (χ2n) is 22.2. The molecule has 16 unspecified atom stereocenters. The molecule has 1 saturated carbocycles. The van der Waals surface area contributed by atoms with Gasteiger partial charge in [-0.15, -0.1) is 0 Å². The Morgan fingerprint density at radius 2 is 0.815 bits per heavy atom. The highest BCUT2D eigenvalue weighted by Crippen LogP contribution is 2.49. The van der Waals surface area contributed by atoms with Crippen molar-refractivity contribution in [2.75, 3.05) is 26.4 Å². The Kier molecular flexibility index (Phi) is 38.2. The van der Waals surface area contributed by atoms with Crippen LogP contribution < -0.4 is 0 Å². The van der Waals surface area contributed by atoms with Crippen molar-refractivity contribution in [1.82, 2.24) is 0 Å². The van der Waals surface area contributed by atoms with Crippen LogP contribution in [0.2, 0.25) is 0 Å². The molecule has 0 radical (unpaired) electrons. The highest BCUT2D eigenvalue weighted by molar-refractivity contribution is 7.47. The quantitative estimate of drug-likeness (QED) is 0.0170. The maximum absolute atomic E-state index is 14.0. The molecule has 3 fully saturated rings. The summed E-state index contributed by atoms with van der Waals surface area (Å²) >= 11 is 0. The monoisotopic (exact) mass is 1190 g/mol. The van der Waals surface area contributed by atoms with E-state index in [-0.39, 0.29) is 12.8 Å². The maximum atomic E-state index is 14.0. The zero-order chi connectivity index (χ0) is 59.6. The van der Waals surface area contributed by atoms with Gasteiger partial charge in [0.1, 0.15) is 92.1 Å². The topological polar surface area (TPSA) is 368 Å². The van der Waals surface area contributed by atoms with Crippen LogP contribution in [0.15, 0.2) is 12.2 Å². The Balaban J connectivity index is 1.68. The second-order valence-corrected chi connectivity index (χ2v) is 23.6. The number of rotatable bonds is 45. The third-order valence-electron chi connectivity index (χ3n) is 15.3. The van der Waals surface area contributed by atoms with Crippen LogP contribution in [-0.2, 0) is 51.6 Å². The summed E-state index contributed by atoms with van der Waals surface area (Å²) in [6, 6.07) is 0. The van der Waals surface area contributed by atoms with Gasteiger partial charge in [0.05, 0.1) is 19.8 Å². The minimum Gasteiger partial charge on any atom is -0.462 e. The van der Waals surface area contributed by atoms with Crippen LogP contribution in [0.1, 0.15) is 206 Å². The van der Waals surface area contributed by atoms with E-state index in [1.165, 1.54) is 89.9 Å². The fourth-order valence-corrected chi connectivity index (χ4v) is 11.2. The van der Waals surface area contributed by atoms with E-state index in [1.54, 1.807) is 0 Å². The molecule has 0 aromatic carbocycles. The molecule has 3 aliphatic rings. The third kappa shape index (κ3) is 27.6. The molecular formula is C57H105O23P. The number of ether oxygens (including phenoxy) is 6. The SMILES string of the molecule is CCCCCCC=CCCCCCCCCCC(=O)OC(COC(=O)CCCCCCCCCCCCCCCCC)COP(=O)(O)OC1C(OC2OC(CO)C(O)C(O)C2O)C(O)C(O)C(O)C1OC1OC(CO)C(O)C(O)C1O. The van der Waals surface area contributed by atoms with Crippen molar-refractivity contribution in [1.29, 1.82) is 0 Å². The van der Waals surface area contributed by atoms with E-state index in [0.717, 1.165) is 77.0 Å². The first kappa shape index (κ1) is 73.4. The average molecular weight is 1190 g/mol. The highest BCUT2D eigenvalue weighted by Gasteiger charge is 2.58. The predicted octanol–water partition coefficient (Wildman–Crippen LogP) is 4.71. The van der Waals surface area contributed by atoms with Crippen molar-refractivity contribution in [3.8, 4) is 0 Å². The molecule has 23 nitrogen and oxygen atoms in total. The van der Waals surface area contributed by atoms with E-state index in [4.69, 9.17) is 37.5 Å². The standard InChI is InChI=1S/C57H105O23P/c1-3-5-7-9-11-13-15-17-19-21-23-25-27-29-31-33-42(60)73-37-39(75-43(61)34-32-30-28-26-24-22-20-18-16-14-12-10-8-6-4-2)38-74-81(71,72)80-55-53(78-56-51(69)46(64)44(62)40(35-58)76-56)49(67)48(66)50(68)54(55)79-57-52(70)47(65)45(63)41(36-59)77-57/h14,16,39-41,44-59,62-70H,3-13,15,17-38H2,1-2H3,(H,71,72). The number of aliphatic hydroxyl groups excluding tert-OH is 11. The highest BCUT2D eigenvalue weighted by atomic mass is 31.2. The Hall–Kier alpha value is -1.81. The van der Waals surface area contributed by atoms with Gasteiger partial charge in [0.2, 0.25) is 0 Å². The summed E-state index contributed by atoms with van der Waals surface area (Å²) in [5.41, 5.74) is 0. The van der Waals surface area contributed by atoms with Crippen LogP contribution in [0, 0.1) is 0 Å². The van der Waals surface area contributed by atoms with E-state index in [0.29, 0.717) is 12.8 Å². The normalized spacial score (nSPS) is 31.0. The molecule has 0 spiro atoms. The van der Waals surface area contributed by atoms with Gasteiger partial charge in [-0.3, -0.25) is 18.6 Å². The summed E-state index contributed by atoms with van der Waals surface area (Å²) in [5, 5.41) is 117. The van der Waals surface area contributed by atoms with Gasteiger partial charge in [0, 0.05) is 12.8 Å². The van der Waals surface area contributed by atoms with Crippen molar-refractivity contribution in [2.45, 2.75) is 311 Å². The lowest BCUT2D eigenvalue weighted by atomic mass is 9.84. The Morgan fingerprint density at radius 1 is 0.457 bits per heavy atom. The Morgan fingerprint density at radius 3 is 1.22 bits per heavy atom. The fraction of sp³-hybridized carbons (Fsp3) is 0.930. The van der Waals surface area contributed by atoms with Crippen molar-refractivity contribution < 1.29 is 113 Å². The first-order valence-corrected chi connectivity index (χ1v) is 32.0. The first-order chi connectivity index (χ1) is 38.9. The second kappa shape index (κ2) is 42.1. The minimum atomic E-state index is -5.63. The number of hydrogen-bond donors (Lipinski definition) is 12. The summed E-state index contributed by atoms with van der Waals surface area (Å²) in [7, 11) is -5.63. The molecule has 476 valence electrons. The Bertz CT molecular complexity index is 1660. The van der Waals surface area contributed by atoms with E-state index < -0.39 is 150 Å². The zero-order valence-electron chi connectivity index (χ0n) is 48.3. The Labute approximate surface area is 480 Å². The van der Waals surface area contributed by atoms with Gasteiger partial charge >= 0.3 is 19.8 Å². The predicted molar refractivity (Wildman–Crippen MR) is 296 cm³/mol. The third-order valence-corrected chi connectivity index (χ3v) is 16.3. The smallest absolute Gasteiger partial charge is 0.462 e. The minimum absolute atomic E-state index is 0.0337. The summed E-state index contributed by atoms with van der Waals surface area (Å²) in [4.78, 5) is 37.5. The number of aliphatic hydroxyl groups is 11. The van der Waals surface area contributed by atoms with Gasteiger partial charge in [-0.05, 0) is 38.5 Å². The molecule has 0 amide bonds. The lowest BCUT2D eigenvalue weighted by molar-refractivity contribution is -0.360. The van der Waals surface area contributed by atoms with Crippen LogP contribution in [0.3, 0.4) is 0 Å². The van der Waals surface area contributed by atoms with E-state index in [2.05, 4.69) is 26.0 Å². The van der Waals surface area contributed by atoms with Crippen molar-refractivity contribution >= 4 is 19.8 Å². The van der Waals surface area contributed by atoms with Crippen LogP contribution >= 0.6 is 7.82 Å². The van der Waals surface area contributed by atoms with Gasteiger partial charge in [0.15, 0.2) is 18.7 Å². The summed E-state index contributed by atoms with van der Waals surface area (Å²) in [6.45, 7) is 1.01. The van der Waals surface area contributed by atoms with Crippen LogP contribution in [0.4, 0.5) is 0 Å². The van der Waals surface area contributed by atoms with E-state index in [9.17, 15) is 75.2 Å². The molecule has 81 heavy (non-hydrogen) atoms. The molecule has 3 rings (SSSR count). The van der Waals surface area contributed by atoms with Gasteiger partial charge < -0.3 is 89.5 Å². The van der Waals surface area contributed by atoms with Crippen LogP contribution in [0.25, 0.3) is 0 Å². The number of hydrogen-bond acceptors (Lipinski definition) is 22. The van der Waals surface area contributed by atoms with Crippen molar-refractivity contribution in [3.05, 3.63) is 12.2 Å². The van der Waals surface area contributed by atoms with E-state index in [1.807, 2.05) is 0 Å².